The van der Waals surface area contributed by atoms with Crippen LogP contribution >= 0.6 is 0 Å². The fourth-order valence-corrected chi connectivity index (χ4v) is 2.34. The second-order valence-corrected chi connectivity index (χ2v) is 5.26. The van der Waals surface area contributed by atoms with Gasteiger partial charge in [-0.3, -0.25) is 4.79 Å². The number of hydrogen-bond acceptors (Lipinski definition) is 2. The van der Waals surface area contributed by atoms with E-state index in [4.69, 9.17) is 4.74 Å². The average molecular weight is 252 g/mol. The van der Waals surface area contributed by atoms with Crippen LogP contribution in [0.4, 0.5) is 0 Å². The molecule has 2 heteroatoms. The van der Waals surface area contributed by atoms with Crippen LogP contribution in [-0.4, -0.2) is 12.1 Å². The lowest BCUT2D eigenvalue weighted by molar-refractivity contribution is -0.150. The molecule has 0 radical (unpaired) electrons. The molecule has 0 aromatic carbocycles. The Balaban J connectivity index is 1.92. The Kier molecular flexibility index (Phi) is 8.62. The van der Waals surface area contributed by atoms with Gasteiger partial charge in [-0.15, -0.1) is 0 Å². The van der Waals surface area contributed by atoms with Crippen molar-refractivity contribution in [1.29, 1.82) is 0 Å². The van der Waals surface area contributed by atoms with Gasteiger partial charge < -0.3 is 4.74 Å². The summed E-state index contributed by atoms with van der Waals surface area (Å²) in [6.07, 6.45) is 17.5. The molecule has 1 saturated heterocycles. The van der Waals surface area contributed by atoms with Crippen molar-refractivity contribution in [3.05, 3.63) is 12.2 Å². The lowest BCUT2D eigenvalue weighted by Gasteiger charge is -2.18. The SMILES string of the molecule is CCCCCCCCC/C=C/[C@H]1CCCC(=O)O1. The highest BCUT2D eigenvalue weighted by molar-refractivity contribution is 5.70. The first-order valence-corrected chi connectivity index (χ1v) is 7.69. The third-order valence-corrected chi connectivity index (χ3v) is 3.48. The van der Waals surface area contributed by atoms with Crippen molar-refractivity contribution in [3.8, 4) is 0 Å². The maximum absolute atomic E-state index is 11.1. The second-order valence-electron chi connectivity index (χ2n) is 5.26. The molecule has 0 bridgehead atoms. The van der Waals surface area contributed by atoms with Gasteiger partial charge in [0.2, 0.25) is 0 Å². The zero-order chi connectivity index (χ0) is 13.1. The molecule has 18 heavy (non-hydrogen) atoms. The molecule has 0 aromatic rings. The predicted molar refractivity (Wildman–Crippen MR) is 75.5 cm³/mol. The Bertz CT molecular complexity index is 245. The van der Waals surface area contributed by atoms with Crippen LogP contribution in [0.5, 0.6) is 0 Å². The van der Waals surface area contributed by atoms with Crippen molar-refractivity contribution in [2.45, 2.75) is 83.7 Å². The highest BCUT2D eigenvalue weighted by atomic mass is 16.5. The number of hydrogen-bond donors (Lipinski definition) is 0. The van der Waals surface area contributed by atoms with Crippen molar-refractivity contribution >= 4 is 5.97 Å². The van der Waals surface area contributed by atoms with Gasteiger partial charge in [0.1, 0.15) is 6.10 Å². The standard InChI is InChI=1S/C16H28O2/c1-2-3-4-5-6-7-8-9-10-12-15-13-11-14-16(17)18-15/h10,12,15H,2-9,11,13-14H2,1H3/b12-10+/t15-/m0/s1. The van der Waals surface area contributed by atoms with E-state index in [1.165, 1.54) is 44.9 Å². The summed E-state index contributed by atoms with van der Waals surface area (Å²) in [5, 5.41) is 0. The average Bonchev–Trinajstić information content (AvgIpc) is 2.37. The molecule has 0 aliphatic carbocycles. The van der Waals surface area contributed by atoms with Crippen LogP contribution in [0.1, 0.15) is 77.6 Å². The Labute approximate surface area is 112 Å². The Hall–Kier alpha value is -0.790. The molecular formula is C16H28O2. The summed E-state index contributed by atoms with van der Waals surface area (Å²) in [6, 6.07) is 0. The summed E-state index contributed by atoms with van der Waals surface area (Å²) in [7, 11) is 0. The first-order valence-electron chi connectivity index (χ1n) is 7.69. The third kappa shape index (κ3) is 7.52. The van der Waals surface area contributed by atoms with Gasteiger partial charge in [0.05, 0.1) is 0 Å². The normalized spacial score (nSPS) is 20.3. The third-order valence-electron chi connectivity index (χ3n) is 3.48. The monoisotopic (exact) mass is 252 g/mol. The van der Waals surface area contributed by atoms with Crippen molar-refractivity contribution in [1.82, 2.24) is 0 Å². The van der Waals surface area contributed by atoms with Crippen LogP contribution in [0.25, 0.3) is 0 Å². The van der Waals surface area contributed by atoms with E-state index in [0.717, 1.165) is 19.3 Å². The molecule has 0 aromatic heterocycles. The van der Waals surface area contributed by atoms with Crippen molar-refractivity contribution in [2.24, 2.45) is 0 Å². The smallest absolute Gasteiger partial charge is 0.306 e. The Morgan fingerprint density at radius 2 is 1.89 bits per heavy atom. The summed E-state index contributed by atoms with van der Waals surface area (Å²) in [5.74, 6) is -0.0353. The second kappa shape index (κ2) is 10.2. The molecule has 0 amide bonds. The fourth-order valence-electron chi connectivity index (χ4n) is 2.34. The lowest BCUT2D eigenvalue weighted by Crippen LogP contribution is -2.21. The molecule has 2 nitrogen and oxygen atoms in total. The summed E-state index contributed by atoms with van der Waals surface area (Å²) < 4.78 is 5.23. The van der Waals surface area contributed by atoms with Crippen LogP contribution in [0.15, 0.2) is 12.2 Å². The van der Waals surface area contributed by atoms with Gasteiger partial charge in [-0.05, 0) is 31.8 Å². The molecule has 0 N–H and O–H groups in total. The molecule has 1 atom stereocenters. The van der Waals surface area contributed by atoms with E-state index >= 15 is 0 Å². The lowest BCUT2D eigenvalue weighted by atomic mass is 10.1. The van der Waals surface area contributed by atoms with Crippen molar-refractivity contribution < 1.29 is 9.53 Å². The van der Waals surface area contributed by atoms with Gasteiger partial charge in [-0.1, -0.05) is 51.5 Å². The fraction of sp³-hybridized carbons (Fsp3) is 0.812. The molecule has 0 unspecified atom stereocenters. The van der Waals surface area contributed by atoms with Crippen LogP contribution < -0.4 is 0 Å². The van der Waals surface area contributed by atoms with Crippen LogP contribution in [-0.2, 0) is 9.53 Å². The number of allylic oxidation sites excluding steroid dienone is 1. The van der Waals surface area contributed by atoms with Crippen LogP contribution in [0.3, 0.4) is 0 Å². The summed E-state index contributed by atoms with van der Waals surface area (Å²) in [4.78, 5) is 11.1. The maximum Gasteiger partial charge on any atom is 0.306 e. The molecule has 1 aliphatic heterocycles. The Morgan fingerprint density at radius 3 is 2.61 bits per heavy atom. The molecule has 0 saturated carbocycles. The van der Waals surface area contributed by atoms with Gasteiger partial charge in [0.15, 0.2) is 0 Å². The first kappa shape index (κ1) is 15.3. The maximum atomic E-state index is 11.1. The van der Waals surface area contributed by atoms with Crippen molar-refractivity contribution in [2.75, 3.05) is 0 Å². The summed E-state index contributed by atoms with van der Waals surface area (Å²) in [6.45, 7) is 2.25. The van der Waals surface area contributed by atoms with Crippen molar-refractivity contribution in [3.63, 3.8) is 0 Å². The minimum Gasteiger partial charge on any atom is -0.458 e. The van der Waals surface area contributed by atoms with Gasteiger partial charge >= 0.3 is 5.97 Å². The molecule has 1 rings (SSSR count). The largest absolute Gasteiger partial charge is 0.458 e. The van der Waals surface area contributed by atoms with Crippen LogP contribution in [0, 0.1) is 0 Å². The predicted octanol–water partition coefficient (Wildman–Crippen LogP) is 4.78. The van der Waals surface area contributed by atoms with E-state index in [9.17, 15) is 4.79 Å². The highest BCUT2D eigenvalue weighted by Gasteiger charge is 2.17. The molecule has 1 fully saturated rings. The van der Waals surface area contributed by atoms with Gasteiger partial charge in [0.25, 0.3) is 0 Å². The van der Waals surface area contributed by atoms with E-state index in [-0.39, 0.29) is 12.1 Å². The number of esters is 1. The van der Waals surface area contributed by atoms with E-state index in [1.807, 2.05) is 0 Å². The number of unbranched alkanes of at least 4 members (excludes halogenated alkanes) is 7. The number of carbonyl (C=O) groups is 1. The van der Waals surface area contributed by atoms with Crippen LogP contribution in [0.2, 0.25) is 0 Å². The summed E-state index contributed by atoms with van der Waals surface area (Å²) >= 11 is 0. The number of cyclic esters (lactones) is 1. The number of rotatable bonds is 9. The molecule has 1 heterocycles. The topological polar surface area (TPSA) is 26.3 Å². The van der Waals surface area contributed by atoms with E-state index in [2.05, 4.69) is 19.1 Å². The minimum atomic E-state index is -0.0353. The Morgan fingerprint density at radius 1 is 1.17 bits per heavy atom. The quantitative estimate of drug-likeness (QED) is 0.335. The highest BCUT2D eigenvalue weighted by Crippen LogP contribution is 2.15. The van der Waals surface area contributed by atoms with E-state index in [1.54, 1.807) is 0 Å². The minimum absolute atomic E-state index is 0.0353. The number of carbonyl (C=O) groups excluding carboxylic acids is 1. The zero-order valence-corrected chi connectivity index (χ0v) is 11.8. The zero-order valence-electron chi connectivity index (χ0n) is 11.8. The van der Waals surface area contributed by atoms with Gasteiger partial charge in [0, 0.05) is 6.42 Å². The first-order chi connectivity index (χ1) is 8.83. The molecule has 1 aliphatic rings. The number of ether oxygens (including phenoxy) is 1. The van der Waals surface area contributed by atoms with Gasteiger partial charge in [-0.2, -0.15) is 0 Å². The summed E-state index contributed by atoms with van der Waals surface area (Å²) in [5.41, 5.74) is 0. The van der Waals surface area contributed by atoms with E-state index < -0.39 is 0 Å². The molecular weight excluding hydrogens is 224 g/mol. The molecule has 104 valence electrons. The molecule has 0 spiro atoms. The van der Waals surface area contributed by atoms with E-state index in [0.29, 0.717) is 6.42 Å². The van der Waals surface area contributed by atoms with Gasteiger partial charge in [-0.25, -0.2) is 0 Å².